The molecular weight excluding hydrogens is 514 g/mol. The number of hydrogen-bond donors (Lipinski definition) is 2. The van der Waals surface area contributed by atoms with Gasteiger partial charge in [-0.3, -0.25) is 0 Å². The number of halogens is 2. The number of carbonyl (C=O) groups is 1. The average Bonchev–Trinajstić information content (AvgIpc) is 2.84. The molecule has 1 fully saturated rings. The second-order valence-electron chi connectivity index (χ2n) is 9.37. The van der Waals surface area contributed by atoms with Gasteiger partial charge in [0.1, 0.15) is 11.4 Å². The third kappa shape index (κ3) is 5.83. The molecule has 36 heavy (non-hydrogen) atoms. The van der Waals surface area contributed by atoms with Crippen LogP contribution in [0.3, 0.4) is 0 Å². The fourth-order valence-corrected chi connectivity index (χ4v) is 6.32. The van der Waals surface area contributed by atoms with Crippen molar-refractivity contribution in [2.24, 2.45) is 0 Å². The lowest BCUT2D eigenvalue weighted by molar-refractivity contribution is -0.0831. The van der Waals surface area contributed by atoms with E-state index in [1.54, 1.807) is 51.1 Å². The zero-order valence-corrected chi connectivity index (χ0v) is 21.8. The van der Waals surface area contributed by atoms with E-state index in [1.807, 2.05) is 0 Å². The first-order valence-corrected chi connectivity index (χ1v) is 13.9. The van der Waals surface area contributed by atoms with Crippen LogP contribution in [0.1, 0.15) is 32.8 Å². The minimum Gasteiger partial charge on any atom is -0.598 e. The van der Waals surface area contributed by atoms with Gasteiger partial charge in [0.2, 0.25) is 9.84 Å². The highest BCUT2D eigenvalue weighted by molar-refractivity contribution is 7.93. The van der Waals surface area contributed by atoms with Crippen molar-refractivity contribution >= 4 is 27.3 Å². The van der Waals surface area contributed by atoms with Gasteiger partial charge in [0.05, 0.1) is 17.5 Å². The number of benzene rings is 2. The highest BCUT2D eigenvalue weighted by Crippen LogP contribution is 2.45. The van der Waals surface area contributed by atoms with Gasteiger partial charge in [0, 0.05) is 24.4 Å². The van der Waals surface area contributed by atoms with Crippen LogP contribution in [0.25, 0.3) is 0 Å². The molecule has 0 bridgehead atoms. The summed E-state index contributed by atoms with van der Waals surface area (Å²) in [6, 6.07) is 13.4. The van der Waals surface area contributed by atoms with Crippen LogP contribution in [0, 0.1) is 0 Å². The van der Waals surface area contributed by atoms with Crippen LogP contribution in [-0.2, 0) is 37.3 Å². The van der Waals surface area contributed by atoms with Gasteiger partial charge in [-0.25, -0.2) is 13.2 Å². The SMILES string of the molecule is CC(C)(C)[S+]([O-])N[C@]1(C(F)(F)S(=O)(=O)c2ccccc2)CCOC[C@@H]1NC(=O)OCc1ccccc1. The number of rotatable bonds is 8. The van der Waals surface area contributed by atoms with E-state index in [9.17, 15) is 17.8 Å². The van der Waals surface area contributed by atoms with E-state index in [-0.39, 0.29) is 13.2 Å². The fourth-order valence-electron chi connectivity index (χ4n) is 3.66. The molecule has 12 heteroatoms. The lowest BCUT2D eigenvalue weighted by Gasteiger charge is -2.47. The molecule has 1 heterocycles. The number of nitrogens with one attached hydrogen (secondary N) is 2. The van der Waals surface area contributed by atoms with Crippen molar-refractivity contribution in [3.63, 3.8) is 0 Å². The normalized spacial score (nSPS) is 22.0. The minimum absolute atomic E-state index is 0.132. The Morgan fingerprint density at radius 2 is 1.72 bits per heavy atom. The summed E-state index contributed by atoms with van der Waals surface area (Å²) < 4.78 is 84.1. The highest BCUT2D eigenvalue weighted by Gasteiger charge is 2.70. The maximum atomic E-state index is 16.3. The smallest absolute Gasteiger partial charge is 0.407 e. The molecule has 198 valence electrons. The standard InChI is InChI=1S/C24H30F2N2O6S2/c1-22(2,3)35(30)28-23(24(25,26)36(31,32)19-12-8-5-9-13-19)14-15-33-17-20(23)27-21(29)34-16-18-10-6-4-7-11-18/h4-13,20,28H,14-17H2,1-3H3,(H,27,29)/t20-,23+,35?/m0/s1. The summed E-state index contributed by atoms with van der Waals surface area (Å²) in [4.78, 5) is 12.0. The highest BCUT2D eigenvalue weighted by atomic mass is 32.2. The largest absolute Gasteiger partial charge is 0.598 e. The van der Waals surface area contributed by atoms with Crippen LogP contribution in [0.2, 0.25) is 0 Å². The maximum absolute atomic E-state index is 16.3. The predicted octanol–water partition coefficient (Wildman–Crippen LogP) is 3.56. The van der Waals surface area contributed by atoms with Gasteiger partial charge in [-0.05, 0) is 38.5 Å². The molecule has 1 aliphatic rings. The molecule has 2 aromatic carbocycles. The first-order chi connectivity index (χ1) is 16.8. The monoisotopic (exact) mass is 544 g/mol. The molecule has 8 nitrogen and oxygen atoms in total. The Morgan fingerprint density at radius 3 is 2.31 bits per heavy atom. The van der Waals surface area contributed by atoms with Crippen molar-refractivity contribution in [2.45, 2.75) is 60.3 Å². The number of alkyl carbamates (subject to hydrolysis) is 1. The van der Waals surface area contributed by atoms with Crippen molar-refractivity contribution in [2.75, 3.05) is 13.2 Å². The second kappa shape index (κ2) is 11.0. The molecule has 0 radical (unpaired) electrons. The Labute approximate surface area is 213 Å². The number of alkyl halides is 2. The first-order valence-electron chi connectivity index (χ1n) is 11.2. The Bertz CT molecular complexity index is 1130. The fraction of sp³-hybridized carbons (Fsp3) is 0.458. The van der Waals surface area contributed by atoms with Gasteiger partial charge >= 0.3 is 11.3 Å². The molecule has 1 aliphatic heterocycles. The van der Waals surface area contributed by atoms with Crippen LogP contribution in [-0.4, -0.2) is 53.9 Å². The molecule has 1 saturated heterocycles. The Hall–Kier alpha value is -2.25. The van der Waals surface area contributed by atoms with E-state index < -0.39 is 66.8 Å². The molecule has 1 unspecified atom stereocenters. The Morgan fingerprint density at radius 1 is 1.14 bits per heavy atom. The maximum Gasteiger partial charge on any atom is 0.407 e. The number of carbonyl (C=O) groups excluding carboxylic acids is 1. The minimum atomic E-state index is -5.29. The van der Waals surface area contributed by atoms with Crippen LogP contribution < -0.4 is 10.0 Å². The lowest BCUT2D eigenvalue weighted by atomic mass is 9.86. The third-order valence-electron chi connectivity index (χ3n) is 5.77. The van der Waals surface area contributed by atoms with Gasteiger partial charge in [0.25, 0.3) is 0 Å². The molecule has 0 spiro atoms. The summed E-state index contributed by atoms with van der Waals surface area (Å²) in [5.74, 6) is 0. The predicted molar refractivity (Wildman–Crippen MR) is 131 cm³/mol. The summed E-state index contributed by atoms with van der Waals surface area (Å²) in [7, 11) is -5.29. The summed E-state index contributed by atoms with van der Waals surface area (Å²) in [6.45, 7) is 3.85. The number of amides is 1. The van der Waals surface area contributed by atoms with Crippen molar-refractivity contribution in [3.8, 4) is 0 Å². The van der Waals surface area contributed by atoms with Crippen LogP contribution in [0.15, 0.2) is 65.6 Å². The molecular formula is C24H30F2N2O6S2. The molecule has 1 amide bonds. The van der Waals surface area contributed by atoms with Crippen molar-refractivity contribution in [1.82, 2.24) is 10.0 Å². The summed E-state index contributed by atoms with van der Waals surface area (Å²) in [6.07, 6.45) is -1.59. The zero-order chi connectivity index (χ0) is 26.6. The van der Waals surface area contributed by atoms with Crippen LogP contribution >= 0.6 is 0 Å². The van der Waals surface area contributed by atoms with Crippen molar-refractivity contribution < 1.29 is 36.0 Å². The molecule has 0 aliphatic carbocycles. The van der Waals surface area contributed by atoms with Gasteiger partial charge < -0.3 is 19.3 Å². The Kier molecular flexibility index (Phi) is 8.67. The first kappa shape index (κ1) is 28.3. The van der Waals surface area contributed by atoms with Crippen molar-refractivity contribution in [1.29, 1.82) is 0 Å². The second-order valence-corrected chi connectivity index (χ2v) is 13.3. The van der Waals surface area contributed by atoms with Gasteiger partial charge in [0.15, 0.2) is 5.54 Å². The van der Waals surface area contributed by atoms with Gasteiger partial charge in [-0.15, -0.1) is 4.72 Å². The van der Waals surface area contributed by atoms with Crippen LogP contribution in [0.4, 0.5) is 13.6 Å². The molecule has 0 saturated carbocycles. The molecule has 2 N–H and O–H groups in total. The molecule has 0 aromatic heterocycles. The average molecular weight is 545 g/mol. The quantitative estimate of drug-likeness (QED) is 0.488. The topological polar surface area (TPSA) is 117 Å². The van der Waals surface area contributed by atoms with E-state index in [0.717, 1.165) is 12.1 Å². The lowest BCUT2D eigenvalue weighted by Crippen LogP contribution is -2.76. The Balaban J connectivity index is 1.99. The summed E-state index contributed by atoms with van der Waals surface area (Å²) in [5, 5.41) is -2.16. The molecule has 3 atom stereocenters. The van der Waals surface area contributed by atoms with E-state index in [2.05, 4.69) is 10.0 Å². The third-order valence-corrected chi connectivity index (χ3v) is 9.36. The molecule has 3 rings (SSSR count). The van der Waals surface area contributed by atoms with Crippen molar-refractivity contribution in [3.05, 3.63) is 66.2 Å². The summed E-state index contributed by atoms with van der Waals surface area (Å²) in [5.41, 5.74) is -1.99. The van der Waals surface area contributed by atoms with E-state index in [0.29, 0.717) is 5.56 Å². The number of ether oxygens (including phenoxy) is 2. The zero-order valence-electron chi connectivity index (χ0n) is 20.2. The molecule has 2 aromatic rings. The van der Waals surface area contributed by atoms with Gasteiger partial charge in [-0.1, -0.05) is 48.5 Å². The van der Waals surface area contributed by atoms with E-state index in [4.69, 9.17) is 9.47 Å². The number of hydrogen-bond acceptors (Lipinski definition) is 7. The van der Waals surface area contributed by atoms with Crippen LogP contribution in [0.5, 0.6) is 0 Å². The number of sulfone groups is 1. The van der Waals surface area contributed by atoms with Gasteiger partial charge in [-0.2, -0.15) is 8.78 Å². The van der Waals surface area contributed by atoms with E-state index >= 15 is 8.78 Å². The van der Waals surface area contributed by atoms with E-state index in [1.165, 1.54) is 18.2 Å². The summed E-state index contributed by atoms with van der Waals surface area (Å²) >= 11 is -2.12.